The number of rotatable bonds is 6. The SMILES string of the molecule is CCN(CC/C(N)=N/O)c1nccc2ccc(OC)cc12. The van der Waals surface area contributed by atoms with E-state index in [1.807, 2.05) is 31.2 Å². The van der Waals surface area contributed by atoms with Crippen LogP contribution in [-0.2, 0) is 0 Å². The number of ether oxygens (including phenoxy) is 1. The average Bonchev–Trinajstić information content (AvgIpc) is 2.54. The van der Waals surface area contributed by atoms with Gasteiger partial charge in [-0.15, -0.1) is 0 Å². The maximum atomic E-state index is 8.64. The van der Waals surface area contributed by atoms with Gasteiger partial charge in [-0.3, -0.25) is 0 Å². The highest BCUT2D eigenvalue weighted by Crippen LogP contribution is 2.28. The summed E-state index contributed by atoms with van der Waals surface area (Å²) in [5.74, 6) is 1.88. The fraction of sp³-hybridized carbons (Fsp3) is 0.333. The first-order valence-electron chi connectivity index (χ1n) is 6.83. The first-order valence-corrected chi connectivity index (χ1v) is 6.83. The number of methoxy groups -OCH3 is 1. The first kappa shape index (κ1) is 14.9. The second-order valence-corrected chi connectivity index (χ2v) is 4.64. The lowest BCUT2D eigenvalue weighted by molar-refractivity contribution is 0.317. The van der Waals surface area contributed by atoms with Gasteiger partial charge in [0.1, 0.15) is 17.4 Å². The summed E-state index contributed by atoms with van der Waals surface area (Å²) < 4.78 is 5.29. The van der Waals surface area contributed by atoms with Crippen molar-refractivity contribution in [1.82, 2.24) is 4.98 Å². The Balaban J connectivity index is 2.38. The predicted molar refractivity (Wildman–Crippen MR) is 84.2 cm³/mol. The topological polar surface area (TPSA) is 84.0 Å². The smallest absolute Gasteiger partial charge is 0.140 e. The molecule has 0 bridgehead atoms. The maximum Gasteiger partial charge on any atom is 0.140 e. The lowest BCUT2D eigenvalue weighted by Crippen LogP contribution is -2.28. The molecule has 0 spiro atoms. The van der Waals surface area contributed by atoms with Crippen molar-refractivity contribution in [3.8, 4) is 5.75 Å². The summed E-state index contributed by atoms with van der Waals surface area (Å²) in [7, 11) is 1.65. The Hall–Kier alpha value is -2.50. The number of nitrogens with zero attached hydrogens (tertiary/aromatic N) is 3. The summed E-state index contributed by atoms with van der Waals surface area (Å²) in [6, 6.07) is 7.88. The van der Waals surface area contributed by atoms with Gasteiger partial charge in [0.25, 0.3) is 0 Å². The van der Waals surface area contributed by atoms with Gasteiger partial charge in [-0.2, -0.15) is 0 Å². The Labute approximate surface area is 123 Å². The molecule has 0 saturated carbocycles. The van der Waals surface area contributed by atoms with Gasteiger partial charge in [-0.25, -0.2) is 4.98 Å². The molecular formula is C15H20N4O2. The Morgan fingerprint density at radius 3 is 2.90 bits per heavy atom. The molecule has 0 radical (unpaired) electrons. The summed E-state index contributed by atoms with van der Waals surface area (Å²) in [6.07, 6.45) is 2.27. The van der Waals surface area contributed by atoms with Crippen LogP contribution >= 0.6 is 0 Å². The minimum absolute atomic E-state index is 0.214. The van der Waals surface area contributed by atoms with Crippen LogP contribution < -0.4 is 15.4 Å². The van der Waals surface area contributed by atoms with Gasteiger partial charge < -0.3 is 20.6 Å². The largest absolute Gasteiger partial charge is 0.497 e. The molecule has 2 rings (SSSR count). The highest BCUT2D eigenvalue weighted by atomic mass is 16.5. The average molecular weight is 288 g/mol. The van der Waals surface area contributed by atoms with E-state index in [1.54, 1.807) is 13.3 Å². The van der Waals surface area contributed by atoms with E-state index in [0.29, 0.717) is 13.0 Å². The van der Waals surface area contributed by atoms with Gasteiger partial charge in [0.05, 0.1) is 7.11 Å². The van der Waals surface area contributed by atoms with Crippen LogP contribution in [0, 0.1) is 0 Å². The van der Waals surface area contributed by atoms with Gasteiger partial charge >= 0.3 is 0 Å². The van der Waals surface area contributed by atoms with Crippen LogP contribution in [0.15, 0.2) is 35.6 Å². The molecule has 112 valence electrons. The molecule has 0 aliphatic heterocycles. The summed E-state index contributed by atoms with van der Waals surface area (Å²) in [5.41, 5.74) is 5.55. The quantitative estimate of drug-likeness (QED) is 0.368. The molecule has 1 heterocycles. The van der Waals surface area contributed by atoms with Crippen molar-refractivity contribution in [3.05, 3.63) is 30.5 Å². The minimum atomic E-state index is 0.214. The van der Waals surface area contributed by atoms with E-state index in [2.05, 4.69) is 15.0 Å². The summed E-state index contributed by atoms with van der Waals surface area (Å²) in [6.45, 7) is 3.46. The van der Waals surface area contributed by atoms with E-state index >= 15 is 0 Å². The van der Waals surface area contributed by atoms with Gasteiger partial charge in [0.15, 0.2) is 0 Å². The van der Waals surface area contributed by atoms with E-state index in [1.165, 1.54) is 0 Å². The van der Waals surface area contributed by atoms with Crippen molar-refractivity contribution in [2.45, 2.75) is 13.3 Å². The molecule has 0 atom stereocenters. The van der Waals surface area contributed by atoms with E-state index in [-0.39, 0.29) is 5.84 Å². The number of amidine groups is 1. The molecule has 6 nitrogen and oxygen atoms in total. The minimum Gasteiger partial charge on any atom is -0.497 e. The number of hydrogen-bond donors (Lipinski definition) is 2. The van der Waals surface area contributed by atoms with Crippen molar-refractivity contribution < 1.29 is 9.94 Å². The van der Waals surface area contributed by atoms with E-state index < -0.39 is 0 Å². The molecule has 2 aromatic rings. The zero-order chi connectivity index (χ0) is 15.2. The molecule has 0 amide bonds. The number of hydrogen-bond acceptors (Lipinski definition) is 5. The molecule has 0 aliphatic rings. The molecule has 6 heteroatoms. The highest BCUT2D eigenvalue weighted by molar-refractivity contribution is 5.93. The Morgan fingerprint density at radius 1 is 1.43 bits per heavy atom. The normalized spacial score (nSPS) is 11.6. The van der Waals surface area contributed by atoms with Crippen LogP contribution in [0.3, 0.4) is 0 Å². The second kappa shape index (κ2) is 6.78. The van der Waals surface area contributed by atoms with Crippen molar-refractivity contribution in [1.29, 1.82) is 0 Å². The second-order valence-electron chi connectivity index (χ2n) is 4.64. The number of fused-ring (bicyclic) bond motifs is 1. The van der Waals surface area contributed by atoms with Crippen LogP contribution in [0.1, 0.15) is 13.3 Å². The number of pyridine rings is 1. The lowest BCUT2D eigenvalue weighted by Gasteiger charge is -2.23. The van der Waals surface area contributed by atoms with Crippen LogP contribution in [0.25, 0.3) is 10.8 Å². The molecule has 21 heavy (non-hydrogen) atoms. The third-order valence-corrected chi connectivity index (χ3v) is 3.40. The van der Waals surface area contributed by atoms with Crippen LogP contribution in [-0.4, -0.2) is 36.2 Å². The third kappa shape index (κ3) is 3.34. The first-order chi connectivity index (χ1) is 10.2. The van der Waals surface area contributed by atoms with Crippen LogP contribution in [0.2, 0.25) is 0 Å². The predicted octanol–water partition coefficient (Wildman–Crippen LogP) is 2.21. The van der Waals surface area contributed by atoms with E-state index in [4.69, 9.17) is 15.7 Å². The lowest BCUT2D eigenvalue weighted by atomic mass is 10.1. The standard InChI is InChI=1S/C15H20N4O2/c1-3-19(9-7-14(16)18-20)15-13-10-12(21-2)5-4-11(13)6-8-17-15/h4-6,8,10,20H,3,7,9H2,1-2H3,(H2,16,18). The van der Waals surface area contributed by atoms with Gasteiger partial charge in [-0.05, 0) is 30.5 Å². The molecule has 0 saturated heterocycles. The Kier molecular flexibility index (Phi) is 4.81. The molecule has 1 aromatic heterocycles. The number of aromatic nitrogens is 1. The zero-order valence-corrected chi connectivity index (χ0v) is 12.3. The highest BCUT2D eigenvalue weighted by Gasteiger charge is 2.11. The van der Waals surface area contributed by atoms with E-state index in [0.717, 1.165) is 28.9 Å². The van der Waals surface area contributed by atoms with E-state index in [9.17, 15) is 0 Å². The number of benzene rings is 1. The molecule has 0 fully saturated rings. The maximum absolute atomic E-state index is 8.64. The fourth-order valence-corrected chi connectivity index (χ4v) is 2.22. The van der Waals surface area contributed by atoms with Crippen LogP contribution in [0.4, 0.5) is 5.82 Å². The summed E-state index contributed by atoms with van der Waals surface area (Å²) in [4.78, 5) is 6.58. The number of anilines is 1. The molecule has 0 aliphatic carbocycles. The molecule has 3 N–H and O–H groups in total. The number of oxime groups is 1. The molecule has 0 unspecified atom stereocenters. The monoisotopic (exact) mass is 288 g/mol. The Morgan fingerprint density at radius 2 is 2.24 bits per heavy atom. The van der Waals surface area contributed by atoms with Crippen molar-refractivity contribution in [2.24, 2.45) is 10.9 Å². The van der Waals surface area contributed by atoms with Crippen molar-refractivity contribution >= 4 is 22.4 Å². The number of nitrogens with two attached hydrogens (primary N) is 1. The summed E-state index contributed by atoms with van der Waals surface area (Å²) in [5, 5.41) is 13.8. The summed E-state index contributed by atoms with van der Waals surface area (Å²) >= 11 is 0. The van der Waals surface area contributed by atoms with Crippen molar-refractivity contribution in [3.63, 3.8) is 0 Å². The van der Waals surface area contributed by atoms with Crippen molar-refractivity contribution in [2.75, 3.05) is 25.1 Å². The fourth-order valence-electron chi connectivity index (χ4n) is 2.22. The van der Waals surface area contributed by atoms with Gasteiger partial charge in [-0.1, -0.05) is 11.2 Å². The third-order valence-electron chi connectivity index (χ3n) is 3.40. The van der Waals surface area contributed by atoms with Gasteiger partial charge in [0, 0.05) is 31.1 Å². The van der Waals surface area contributed by atoms with Crippen LogP contribution in [0.5, 0.6) is 5.75 Å². The molecule has 1 aromatic carbocycles. The zero-order valence-electron chi connectivity index (χ0n) is 12.3. The Bertz CT molecular complexity index is 643. The molecular weight excluding hydrogens is 268 g/mol. The van der Waals surface area contributed by atoms with Gasteiger partial charge in [0.2, 0.25) is 0 Å².